The monoisotopic (exact) mass is 297 g/mol. The molecule has 0 bridgehead atoms. The number of carbonyl (C=O) groups is 3. The summed E-state index contributed by atoms with van der Waals surface area (Å²) in [5, 5.41) is 4.98. The Hall–Kier alpha value is -2.25. The van der Waals surface area contributed by atoms with Crippen LogP contribution in [-0.4, -0.2) is 47.7 Å². The maximum Gasteiger partial charge on any atom is 0.257 e. The molecule has 8 heteroatoms. The maximum atomic E-state index is 13.4. The van der Waals surface area contributed by atoms with Crippen LogP contribution >= 0.6 is 0 Å². The van der Waals surface area contributed by atoms with Gasteiger partial charge in [0.25, 0.3) is 5.91 Å². The molecule has 3 aliphatic rings. The van der Waals surface area contributed by atoms with Crippen LogP contribution in [0.5, 0.6) is 0 Å². The number of imide groups is 1. The van der Waals surface area contributed by atoms with Crippen LogP contribution in [0.15, 0.2) is 23.4 Å². The highest BCUT2D eigenvalue weighted by molar-refractivity contribution is 6.05. The van der Waals surface area contributed by atoms with E-state index >= 15 is 0 Å². The lowest BCUT2D eigenvalue weighted by molar-refractivity contribution is -0.144. The van der Waals surface area contributed by atoms with Gasteiger partial charge in [-0.1, -0.05) is 0 Å². The first-order valence-electron chi connectivity index (χ1n) is 6.58. The van der Waals surface area contributed by atoms with Gasteiger partial charge in [-0.2, -0.15) is 0 Å². The highest BCUT2D eigenvalue weighted by Crippen LogP contribution is 2.27. The molecule has 112 valence electrons. The summed E-state index contributed by atoms with van der Waals surface area (Å²) in [6, 6.07) is -0.786. The van der Waals surface area contributed by atoms with Crippen molar-refractivity contribution in [1.82, 2.24) is 15.5 Å². The molecule has 3 unspecified atom stereocenters. The Balaban J connectivity index is 1.83. The molecule has 2 saturated heterocycles. The number of nitrogens with one attached hydrogen (secondary N) is 2. The van der Waals surface area contributed by atoms with Gasteiger partial charge < -0.3 is 10.2 Å². The predicted octanol–water partition coefficient (Wildman–Crippen LogP) is -0.319. The Bertz CT molecular complexity index is 587. The van der Waals surface area contributed by atoms with Crippen LogP contribution in [0.4, 0.5) is 8.78 Å². The number of rotatable bonds is 1. The maximum absolute atomic E-state index is 13.4. The topological polar surface area (TPSA) is 78.5 Å². The number of amides is 3. The summed E-state index contributed by atoms with van der Waals surface area (Å²) in [5.74, 6) is -1.47. The summed E-state index contributed by atoms with van der Waals surface area (Å²) >= 11 is 0. The van der Waals surface area contributed by atoms with E-state index < -0.39 is 30.2 Å². The van der Waals surface area contributed by atoms with Crippen LogP contribution in [0.1, 0.15) is 12.8 Å². The SMILES string of the molecule is O=C1CCC(N2CNC3=CC(F)C(F)C=C3C2=O)C(=O)N1. The molecule has 3 amide bonds. The van der Waals surface area contributed by atoms with Gasteiger partial charge in [0.1, 0.15) is 6.04 Å². The van der Waals surface area contributed by atoms with Gasteiger partial charge >= 0.3 is 0 Å². The molecule has 0 saturated carbocycles. The van der Waals surface area contributed by atoms with Gasteiger partial charge in [-0.05, 0) is 18.6 Å². The van der Waals surface area contributed by atoms with Crippen LogP contribution in [0.25, 0.3) is 0 Å². The minimum atomic E-state index is -1.88. The van der Waals surface area contributed by atoms with Crippen molar-refractivity contribution in [3.8, 4) is 0 Å². The Kier molecular flexibility index (Phi) is 3.23. The molecule has 1 aliphatic carbocycles. The van der Waals surface area contributed by atoms with Crippen LogP contribution in [0, 0.1) is 0 Å². The van der Waals surface area contributed by atoms with Crippen molar-refractivity contribution in [3.05, 3.63) is 23.4 Å². The van der Waals surface area contributed by atoms with Crippen molar-refractivity contribution in [2.24, 2.45) is 0 Å². The number of carbonyl (C=O) groups excluding carboxylic acids is 3. The van der Waals surface area contributed by atoms with Crippen molar-refractivity contribution < 1.29 is 23.2 Å². The lowest BCUT2D eigenvalue weighted by Crippen LogP contribution is -2.59. The molecular weight excluding hydrogens is 284 g/mol. The molecule has 3 rings (SSSR count). The van der Waals surface area contributed by atoms with Gasteiger partial charge in [0.2, 0.25) is 11.8 Å². The zero-order chi connectivity index (χ0) is 15.1. The van der Waals surface area contributed by atoms with Crippen LogP contribution in [0.3, 0.4) is 0 Å². The molecule has 0 aromatic rings. The van der Waals surface area contributed by atoms with Crippen molar-refractivity contribution in [1.29, 1.82) is 0 Å². The second kappa shape index (κ2) is 4.94. The van der Waals surface area contributed by atoms with Crippen molar-refractivity contribution >= 4 is 17.7 Å². The van der Waals surface area contributed by atoms with Crippen LogP contribution < -0.4 is 10.6 Å². The Morgan fingerprint density at radius 1 is 1.14 bits per heavy atom. The summed E-state index contributed by atoms with van der Waals surface area (Å²) in [6.07, 6.45) is -1.36. The van der Waals surface area contributed by atoms with Crippen molar-refractivity contribution in [2.45, 2.75) is 31.2 Å². The molecule has 0 aromatic carbocycles. The van der Waals surface area contributed by atoms with Gasteiger partial charge in [0.15, 0.2) is 12.3 Å². The first kappa shape index (κ1) is 13.7. The van der Waals surface area contributed by atoms with Gasteiger partial charge in [-0.15, -0.1) is 0 Å². The summed E-state index contributed by atoms with van der Waals surface area (Å²) in [6.45, 7) is 0.0119. The van der Waals surface area contributed by atoms with E-state index in [1.165, 1.54) is 4.90 Å². The first-order chi connectivity index (χ1) is 9.97. The fourth-order valence-corrected chi connectivity index (χ4v) is 2.65. The van der Waals surface area contributed by atoms with Gasteiger partial charge in [0, 0.05) is 12.1 Å². The molecule has 21 heavy (non-hydrogen) atoms. The van der Waals surface area contributed by atoms with E-state index in [9.17, 15) is 23.2 Å². The number of halogens is 2. The van der Waals surface area contributed by atoms with Gasteiger partial charge in [0.05, 0.1) is 12.2 Å². The van der Waals surface area contributed by atoms with Gasteiger partial charge in [-0.25, -0.2) is 8.78 Å². The average molecular weight is 297 g/mol. The predicted molar refractivity (Wildman–Crippen MR) is 67.0 cm³/mol. The molecule has 0 aromatic heterocycles. The molecule has 2 aliphatic heterocycles. The fourth-order valence-electron chi connectivity index (χ4n) is 2.65. The normalized spacial score (nSPS) is 32.8. The lowest BCUT2D eigenvalue weighted by atomic mass is 9.96. The third-order valence-corrected chi connectivity index (χ3v) is 3.76. The second-order valence-electron chi connectivity index (χ2n) is 5.13. The summed E-state index contributed by atoms with van der Waals surface area (Å²) in [7, 11) is 0. The standard InChI is InChI=1S/C13H13F2N3O3/c14-7-3-6-9(4-8(7)15)16-5-18(13(6)21)10-1-2-11(19)17-12(10)20/h3-4,7-8,10,16H,1-2,5H2,(H,17,19,20). The number of fused-ring (bicyclic) bond motifs is 1. The Labute approximate surface area is 118 Å². The number of hydrogen-bond acceptors (Lipinski definition) is 4. The molecule has 3 atom stereocenters. The number of nitrogens with zero attached hydrogens (tertiary/aromatic N) is 1. The van der Waals surface area contributed by atoms with Crippen LogP contribution in [-0.2, 0) is 14.4 Å². The zero-order valence-corrected chi connectivity index (χ0v) is 10.9. The average Bonchev–Trinajstić information content (AvgIpc) is 2.43. The smallest absolute Gasteiger partial charge is 0.257 e. The summed E-state index contributed by atoms with van der Waals surface area (Å²) < 4.78 is 26.7. The lowest BCUT2D eigenvalue weighted by Gasteiger charge is -2.38. The number of piperidine rings is 1. The number of hydrogen-bond donors (Lipinski definition) is 2. The van der Waals surface area contributed by atoms with Crippen molar-refractivity contribution in [3.63, 3.8) is 0 Å². The third kappa shape index (κ3) is 2.30. The van der Waals surface area contributed by atoms with E-state index in [4.69, 9.17) is 0 Å². The zero-order valence-electron chi connectivity index (χ0n) is 10.9. The van der Waals surface area contributed by atoms with E-state index in [0.29, 0.717) is 0 Å². The largest absolute Gasteiger partial charge is 0.367 e. The summed E-state index contributed by atoms with van der Waals surface area (Å²) in [5.41, 5.74) is 0.261. The molecule has 0 radical (unpaired) electrons. The highest BCUT2D eigenvalue weighted by atomic mass is 19.2. The second-order valence-corrected chi connectivity index (χ2v) is 5.13. The molecule has 2 heterocycles. The Morgan fingerprint density at radius 2 is 1.86 bits per heavy atom. The van der Waals surface area contributed by atoms with Crippen LogP contribution in [0.2, 0.25) is 0 Å². The van der Waals surface area contributed by atoms with E-state index in [1.54, 1.807) is 0 Å². The van der Waals surface area contributed by atoms with E-state index in [2.05, 4.69) is 10.6 Å². The molecule has 2 N–H and O–H groups in total. The minimum Gasteiger partial charge on any atom is -0.367 e. The summed E-state index contributed by atoms with van der Waals surface area (Å²) in [4.78, 5) is 36.5. The van der Waals surface area contributed by atoms with E-state index in [0.717, 1.165) is 12.2 Å². The molecule has 6 nitrogen and oxygen atoms in total. The van der Waals surface area contributed by atoms with E-state index in [1.807, 2.05) is 0 Å². The first-order valence-corrected chi connectivity index (χ1v) is 6.58. The minimum absolute atomic E-state index is 0.0119. The highest BCUT2D eigenvalue weighted by Gasteiger charge is 2.40. The third-order valence-electron chi connectivity index (χ3n) is 3.76. The molecule has 0 spiro atoms. The van der Waals surface area contributed by atoms with Crippen molar-refractivity contribution in [2.75, 3.05) is 6.67 Å². The van der Waals surface area contributed by atoms with Gasteiger partial charge in [-0.3, -0.25) is 19.7 Å². The quantitative estimate of drug-likeness (QED) is 0.650. The number of alkyl halides is 2. The van der Waals surface area contributed by atoms with E-state index in [-0.39, 0.29) is 36.7 Å². The Morgan fingerprint density at radius 3 is 2.57 bits per heavy atom. The fraction of sp³-hybridized carbons (Fsp3) is 0.462. The number of allylic oxidation sites excluding steroid dienone is 2. The molecule has 2 fully saturated rings. The molecular formula is C13H13F2N3O3.